The van der Waals surface area contributed by atoms with E-state index in [2.05, 4.69) is 0 Å². The van der Waals surface area contributed by atoms with Gasteiger partial charge < -0.3 is 4.90 Å². The highest BCUT2D eigenvalue weighted by atomic mass is 32.2. The smallest absolute Gasteiger partial charge is 0.243 e. The van der Waals surface area contributed by atoms with Crippen LogP contribution in [0, 0.1) is 11.6 Å². The Morgan fingerprint density at radius 2 is 1.65 bits per heavy atom. The van der Waals surface area contributed by atoms with Gasteiger partial charge in [0.2, 0.25) is 10.0 Å². The molecule has 0 aromatic heterocycles. The van der Waals surface area contributed by atoms with E-state index in [0.29, 0.717) is 19.1 Å². The Morgan fingerprint density at radius 1 is 1.00 bits per heavy atom. The van der Waals surface area contributed by atoms with Gasteiger partial charge in [0.05, 0.1) is 37.1 Å². The molecule has 1 aromatic carbocycles. The SMILES string of the molecule is O=S(=O)(c1ccc(F)c(F)c1)N1CC[NH+](C2CCCCC2)CC1. The quantitative estimate of drug-likeness (QED) is 0.894. The highest BCUT2D eigenvalue weighted by Crippen LogP contribution is 2.19. The fraction of sp³-hybridized carbons (Fsp3) is 0.625. The first-order chi connectivity index (χ1) is 11.0. The van der Waals surface area contributed by atoms with Gasteiger partial charge in [-0.2, -0.15) is 4.31 Å². The zero-order chi connectivity index (χ0) is 16.4. The van der Waals surface area contributed by atoms with E-state index in [4.69, 9.17) is 0 Å². The highest BCUT2D eigenvalue weighted by molar-refractivity contribution is 7.89. The summed E-state index contributed by atoms with van der Waals surface area (Å²) in [6.07, 6.45) is 6.30. The van der Waals surface area contributed by atoms with Crippen molar-refractivity contribution < 1.29 is 22.1 Å². The van der Waals surface area contributed by atoms with E-state index in [9.17, 15) is 17.2 Å². The molecule has 1 heterocycles. The van der Waals surface area contributed by atoms with Gasteiger partial charge in [0.15, 0.2) is 11.6 Å². The lowest BCUT2D eigenvalue weighted by Crippen LogP contribution is -3.18. The van der Waals surface area contributed by atoms with Crippen LogP contribution >= 0.6 is 0 Å². The Labute approximate surface area is 136 Å². The van der Waals surface area contributed by atoms with Crippen molar-refractivity contribution in [2.45, 2.75) is 43.0 Å². The monoisotopic (exact) mass is 345 g/mol. The summed E-state index contributed by atoms with van der Waals surface area (Å²) in [7, 11) is -3.74. The standard InChI is InChI=1S/C16H22F2N2O2S/c17-15-7-6-14(12-16(15)18)23(21,22)20-10-8-19(9-11-20)13-4-2-1-3-5-13/h6-7,12-13H,1-5,8-11H2/p+1. The zero-order valence-corrected chi connectivity index (χ0v) is 13.9. The van der Waals surface area contributed by atoms with Gasteiger partial charge in [-0.15, -0.1) is 0 Å². The van der Waals surface area contributed by atoms with E-state index in [1.165, 1.54) is 41.3 Å². The minimum atomic E-state index is -3.74. The molecule has 0 bridgehead atoms. The maximum Gasteiger partial charge on any atom is 0.243 e. The maximum atomic E-state index is 13.3. The second-order valence-corrected chi connectivity index (χ2v) is 8.41. The van der Waals surface area contributed by atoms with Crippen LogP contribution in [-0.2, 0) is 10.0 Å². The van der Waals surface area contributed by atoms with Gasteiger partial charge in [0.1, 0.15) is 0 Å². The molecule has 0 unspecified atom stereocenters. The Kier molecular flexibility index (Phi) is 4.98. The molecule has 2 fully saturated rings. The molecule has 128 valence electrons. The van der Waals surface area contributed by atoms with Crippen molar-refractivity contribution in [3.05, 3.63) is 29.8 Å². The summed E-state index contributed by atoms with van der Waals surface area (Å²) < 4.78 is 52.8. The van der Waals surface area contributed by atoms with Crippen LogP contribution in [0.1, 0.15) is 32.1 Å². The van der Waals surface area contributed by atoms with Crippen LogP contribution in [0.5, 0.6) is 0 Å². The summed E-state index contributed by atoms with van der Waals surface area (Å²) >= 11 is 0. The topological polar surface area (TPSA) is 41.8 Å². The molecule has 0 amide bonds. The molecule has 1 saturated heterocycles. The molecule has 2 aliphatic rings. The molecular formula is C16H23F2N2O2S+. The van der Waals surface area contributed by atoms with Gasteiger partial charge in [-0.25, -0.2) is 17.2 Å². The lowest BCUT2D eigenvalue weighted by molar-refractivity contribution is -0.930. The zero-order valence-electron chi connectivity index (χ0n) is 13.1. The number of piperazine rings is 1. The minimum Gasteiger partial charge on any atom is -0.330 e. The van der Waals surface area contributed by atoms with Gasteiger partial charge in [-0.3, -0.25) is 0 Å². The van der Waals surface area contributed by atoms with Crippen molar-refractivity contribution in [3.63, 3.8) is 0 Å². The van der Waals surface area contributed by atoms with Crippen molar-refractivity contribution in [2.75, 3.05) is 26.2 Å². The normalized spacial score (nSPS) is 22.3. The molecular weight excluding hydrogens is 322 g/mol. The first-order valence-corrected chi connectivity index (χ1v) is 9.72. The average molecular weight is 345 g/mol. The molecule has 1 saturated carbocycles. The highest BCUT2D eigenvalue weighted by Gasteiger charge is 2.34. The minimum absolute atomic E-state index is 0.169. The summed E-state index contributed by atoms with van der Waals surface area (Å²) in [6.45, 7) is 2.45. The second kappa shape index (κ2) is 6.83. The summed E-state index contributed by atoms with van der Waals surface area (Å²) in [5.41, 5.74) is 0. The summed E-state index contributed by atoms with van der Waals surface area (Å²) in [6, 6.07) is 3.42. The van der Waals surface area contributed by atoms with Crippen LogP contribution in [-0.4, -0.2) is 44.9 Å². The van der Waals surface area contributed by atoms with Crippen LogP contribution in [0.4, 0.5) is 8.78 Å². The van der Waals surface area contributed by atoms with Crippen molar-refractivity contribution in [1.29, 1.82) is 0 Å². The number of sulfonamides is 1. The van der Waals surface area contributed by atoms with Gasteiger partial charge in [0, 0.05) is 0 Å². The second-order valence-electron chi connectivity index (χ2n) is 6.47. The molecule has 0 spiro atoms. The molecule has 1 aliphatic heterocycles. The van der Waals surface area contributed by atoms with E-state index >= 15 is 0 Å². The first-order valence-electron chi connectivity index (χ1n) is 8.28. The predicted molar refractivity (Wildman–Crippen MR) is 82.7 cm³/mol. The first kappa shape index (κ1) is 16.8. The van der Waals surface area contributed by atoms with Crippen LogP contribution in [0.3, 0.4) is 0 Å². The van der Waals surface area contributed by atoms with Gasteiger partial charge >= 0.3 is 0 Å². The van der Waals surface area contributed by atoms with Crippen molar-refractivity contribution >= 4 is 10.0 Å². The summed E-state index contributed by atoms with van der Waals surface area (Å²) in [5.74, 6) is -2.16. The third kappa shape index (κ3) is 3.56. The molecule has 23 heavy (non-hydrogen) atoms. The molecule has 0 radical (unpaired) electrons. The van der Waals surface area contributed by atoms with E-state index in [0.717, 1.165) is 31.3 Å². The third-order valence-electron chi connectivity index (χ3n) is 5.08. The van der Waals surface area contributed by atoms with Crippen LogP contribution < -0.4 is 4.90 Å². The number of rotatable bonds is 3. The Balaban J connectivity index is 1.67. The maximum absolute atomic E-state index is 13.3. The molecule has 1 aliphatic carbocycles. The summed E-state index contributed by atoms with van der Waals surface area (Å²) in [5, 5.41) is 0. The fourth-order valence-corrected chi connectivity index (χ4v) is 5.17. The lowest BCUT2D eigenvalue weighted by Gasteiger charge is -2.37. The number of quaternary nitrogens is 1. The molecule has 0 atom stereocenters. The van der Waals surface area contributed by atoms with Crippen LogP contribution in [0.2, 0.25) is 0 Å². The van der Waals surface area contributed by atoms with Crippen molar-refractivity contribution in [2.24, 2.45) is 0 Å². The van der Waals surface area contributed by atoms with Crippen LogP contribution in [0.25, 0.3) is 0 Å². The molecule has 7 heteroatoms. The molecule has 1 aromatic rings. The third-order valence-corrected chi connectivity index (χ3v) is 6.97. The number of hydrogen-bond acceptors (Lipinski definition) is 2. The van der Waals surface area contributed by atoms with E-state index < -0.39 is 21.7 Å². The number of nitrogens with one attached hydrogen (secondary N) is 1. The number of nitrogens with zero attached hydrogens (tertiary/aromatic N) is 1. The lowest BCUT2D eigenvalue weighted by atomic mass is 9.94. The Morgan fingerprint density at radius 3 is 2.26 bits per heavy atom. The van der Waals surface area contributed by atoms with Gasteiger partial charge in [-0.05, 0) is 43.9 Å². The average Bonchev–Trinajstić information content (AvgIpc) is 2.58. The van der Waals surface area contributed by atoms with Gasteiger partial charge in [0.25, 0.3) is 0 Å². The van der Waals surface area contributed by atoms with E-state index in [-0.39, 0.29) is 4.90 Å². The molecule has 4 nitrogen and oxygen atoms in total. The Bertz CT molecular complexity index is 652. The van der Waals surface area contributed by atoms with E-state index in [1.807, 2.05) is 0 Å². The predicted octanol–water partition coefficient (Wildman–Crippen LogP) is 1.19. The fourth-order valence-electron chi connectivity index (χ4n) is 3.72. The largest absolute Gasteiger partial charge is 0.330 e. The van der Waals surface area contributed by atoms with Crippen molar-refractivity contribution in [1.82, 2.24) is 4.31 Å². The molecule has 3 rings (SSSR count). The van der Waals surface area contributed by atoms with Gasteiger partial charge in [-0.1, -0.05) is 6.42 Å². The van der Waals surface area contributed by atoms with Crippen LogP contribution in [0.15, 0.2) is 23.1 Å². The number of benzene rings is 1. The van der Waals surface area contributed by atoms with E-state index in [1.54, 1.807) is 0 Å². The number of halogens is 2. The number of hydrogen-bond donors (Lipinski definition) is 1. The molecule has 1 N–H and O–H groups in total. The Hall–Kier alpha value is -1.05. The van der Waals surface area contributed by atoms with Crippen molar-refractivity contribution in [3.8, 4) is 0 Å². The summed E-state index contributed by atoms with van der Waals surface area (Å²) in [4.78, 5) is 1.32.